The summed E-state index contributed by atoms with van der Waals surface area (Å²) in [5, 5.41) is 3.61. The first-order valence-corrected chi connectivity index (χ1v) is 7.56. The molecule has 0 aliphatic heterocycles. The lowest BCUT2D eigenvalue weighted by atomic mass is 9.85. The van der Waals surface area contributed by atoms with Crippen molar-refractivity contribution in [1.29, 1.82) is 0 Å². The molecule has 0 heterocycles. The first-order valence-electron chi connectivity index (χ1n) is 7.56. The molecule has 2 nitrogen and oxygen atoms in total. The summed E-state index contributed by atoms with van der Waals surface area (Å²) >= 11 is 0. The van der Waals surface area contributed by atoms with Crippen molar-refractivity contribution in [2.24, 2.45) is 0 Å². The molecule has 1 aromatic carbocycles. The summed E-state index contributed by atoms with van der Waals surface area (Å²) in [5.41, 5.74) is 2.86. The van der Waals surface area contributed by atoms with Crippen molar-refractivity contribution in [1.82, 2.24) is 5.32 Å². The Morgan fingerprint density at radius 3 is 2.68 bits per heavy atom. The second-order valence-electron chi connectivity index (χ2n) is 6.04. The van der Waals surface area contributed by atoms with Crippen LogP contribution in [0.15, 0.2) is 24.3 Å². The van der Waals surface area contributed by atoms with E-state index in [1.807, 2.05) is 0 Å². The van der Waals surface area contributed by atoms with Crippen LogP contribution in [0.4, 0.5) is 0 Å². The van der Waals surface area contributed by atoms with E-state index in [1.165, 1.54) is 11.1 Å². The SMILES string of the molecule is CCNC1c2ccccc2CCC1OC(C)(C)CC. The summed E-state index contributed by atoms with van der Waals surface area (Å²) in [5.74, 6) is 0. The van der Waals surface area contributed by atoms with E-state index in [0.29, 0.717) is 6.04 Å². The van der Waals surface area contributed by atoms with Gasteiger partial charge in [0.25, 0.3) is 0 Å². The maximum atomic E-state index is 6.39. The Labute approximate surface area is 117 Å². The van der Waals surface area contributed by atoms with Crippen LogP contribution in [-0.2, 0) is 11.2 Å². The number of ether oxygens (including phenoxy) is 1. The molecular formula is C17H27NO. The zero-order valence-corrected chi connectivity index (χ0v) is 12.7. The van der Waals surface area contributed by atoms with Crippen molar-refractivity contribution in [2.75, 3.05) is 6.54 Å². The van der Waals surface area contributed by atoms with E-state index in [9.17, 15) is 0 Å². The molecule has 0 saturated heterocycles. The lowest BCUT2D eigenvalue weighted by Gasteiger charge is -2.39. The minimum absolute atomic E-state index is 0.0371. The van der Waals surface area contributed by atoms with Crippen molar-refractivity contribution in [3.8, 4) is 0 Å². The molecule has 0 saturated carbocycles. The first-order chi connectivity index (χ1) is 9.07. The normalized spacial score (nSPS) is 23.2. The average Bonchev–Trinajstić information content (AvgIpc) is 2.41. The largest absolute Gasteiger partial charge is 0.370 e. The van der Waals surface area contributed by atoms with E-state index in [-0.39, 0.29) is 11.7 Å². The molecule has 0 aromatic heterocycles. The maximum Gasteiger partial charge on any atom is 0.0780 e. The lowest BCUT2D eigenvalue weighted by molar-refractivity contribution is -0.0936. The van der Waals surface area contributed by atoms with Crippen LogP contribution in [-0.4, -0.2) is 18.2 Å². The van der Waals surface area contributed by atoms with Gasteiger partial charge in [0, 0.05) is 0 Å². The van der Waals surface area contributed by atoms with Crippen LogP contribution in [0.1, 0.15) is 57.7 Å². The summed E-state index contributed by atoms with van der Waals surface area (Å²) in [7, 11) is 0. The molecule has 1 aliphatic carbocycles. The Balaban J connectivity index is 2.22. The van der Waals surface area contributed by atoms with Gasteiger partial charge in [-0.2, -0.15) is 0 Å². The van der Waals surface area contributed by atoms with E-state index < -0.39 is 0 Å². The van der Waals surface area contributed by atoms with Gasteiger partial charge in [-0.25, -0.2) is 0 Å². The van der Waals surface area contributed by atoms with E-state index in [2.05, 4.69) is 57.3 Å². The smallest absolute Gasteiger partial charge is 0.0780 e. The minimum Gasteiger partial charge on any atom is -0.370 e. The second-order valence-corrected chi connectivity index (χ2v) is 6.04. The Bertz CT molecular complexity index is 413. The summed E-state index contributed by atoms with van der Waals surface area (Å²) in [6.07, 6.45) is 3.56. The average molecular weight is 261 g/mol. The fraction of sp³-hybridized carbons (Fsp3) is 0.647. The predicted octanol–water partition coefficient (Wildman–Crippen LogP) is 3.86. The number of aryl methyl sites for hydroxylation is 1. The van der Waals surface area contributed by atoms with Gasteiger partial charge in [-0.15, -0.1) is 0 Å². The number of nitrogens with one attached hydrogen (secondary N) is 1. The van der Waals surface area contributed by atoms with Gasteiger partial charge in [-0.05, 0) is 50.8 Å². The Morgan fingerprint density at radius 2 is 2.00 bits per heavy atom. The number of rotatable bonds is 5. The quantitative estimate of drug-likeness (QED) is 0.869. The lowest BCUT2D eigenvalue weighted by Crippen LogP contribution is -2.42. The molecule has 0 spiro atoms. The van der Waals surface area contributed by atoms with Crippen LogP contribution in [0, 0.1) is 0 Å². The molecule has 2 atom stereocenters. The maximum absolute atomic E-state index is 6.39. The zero-order valence-electron chi connectivity index (χ0n) is 12.7. The number of benzene rings is 1. The van der Waals surface area contributed by atoms with Crippen molar-refractivity contribution >= 4 is 0 Å². The van der Waals surface area contributed by atoms with Crippen molar-refractivity contribution in [3.63, 3.8) is 0 Å². The number of hydrogen-bond donors (Lipinski definition) is 1. The summed E-state index contributed by atoms with van der Waals surface area (Å²) in [6, 6.07) is 9.11. The van der Waals surface area contributed by atoms with Gasteiger partial charge in [0.1, 0.15) is 0 Å². The van der Waals surface area contributed by atoms with Crippen molar-refractivity contribution < 1.29 is 4.74 Å². The van der Waals surface area contributed by atoms with Gasteiger partial charge in [-0.1, -0.05) is 38.1 Å². The second kappa shape index (κ2) is 6.06. The third-order valence-electron chi connectivity index (χ3n) is 4.21. The number of likely N-dealkylation sites (N-methyl/N-ethyl adjacent to an activating group) is 1. The van der Waals surface area contributed by atoms with Gasteiger partial charge in [0.2, 0.25) is 0 Å². The number of fused-ring (bicyclic) bond motifs is 1. The van der Waals surface area contributed by atoms with Gasteiger partial charge in [0.05, 0.1) is 17.7 Å². The van der Waals surface area contributed by atoms with Gasteiger partial charge in [0.15, 0.2) is 0 Å². The highest BCUT2D eigenvalue weighted by Gasteiger charge is 2.33. The summed E-state index contributed by atoms with van der Waals surface area (Å²) in [4.78, 5) is 0. The fourth-order valence-corrected chi connectivity index (χ4v) is 2.81. The molecule has 0 amide bonds. The minimum atomic E-state index is -0.0371. The number of hydrogen-bond acceptors (Lipinski definition) is 2. The highest BCUT2D eigenvalue weighted by molar-refractivity contribution is 5.33. The molecule has 0 radical (unpaired) electrons. The van der Waals surface area contributed by atoms with Crippen molar-refractivity contribution in [2.45, 2.75) is 64.7 Å². The molecular weight excluding hydrogens is 234 g/mol. The highest BCUT2D eigenvalue weighted by atomic mass is 16.5. The van der Waals surface area contributed by atoms with Crippen LogP contribution in [0.25, 0.3) is 0 Å². The van der Waals surface area contributed by atoms with E-state index in [4.69, 9.17) is 4.74 Å². The molecule has 0 fully saturated rings. The van der Waals surface area contributed by atoms with Crippen LogP contribution in [0.2, 0.25) is 0 Å². The van der Waals surface area contributed by atoms with Crippen molar-refractivity contribution in [3.05, 3.63) is 35.4 Å². The van der Waals surface area contributed by atoms with E-state index >= 15 is 0 Å². The van der Waals surface area contributed by atoms with Gasteiger partial charge >= 0.3 is 0 Å². The van der Waals surface area contributed by atoms with Crippen LogP contribution < -0.4 is 5.32 Å². The van der Waals surface area contributed by atoms with Crippen LogP contribution in [0.3, 0.4) is 0 Å². The summed E-state index contributed by atoms with van der Waals surface area (Å²) in [6.45, 7) is 9.72. The highest BCUT2D eigenvalue weighted by Crippen LogP contribution is 2.34. The molecule has 2 rings (SSSR count). The molecule has 1 N–H and O–H groups in total. The third kappa shape index (κ3) is 3.37. The summed E-state index contributed by atoms with van der Waals surface area (Å²) < 4.78 is 6.39. The van der Waals surface area contributed by atoms with E-state index in [1.54, 1.807) is 0 Å². The first kappa shape index (κ1) is 14.5. The molecule has 1 aliphatic rings. The zero-order chi connectivity index (χ0) is 13.9. The Morgan fingerprint density at radius 1 is 1.26 bits per heavy atom. The molecule has 106 valence electrons. The molecule has 19 heavy (non-hydrogen) atoms. The van der Waals surface area contributed by atoms with Crippen LogP contribution >= 0.6 is 0 Å². The Hall–Kier alpha value is -0.860. The Kier molecular flexibility index (Phi) is 4.64. The predicted molar refractivity (Wildman–Crippen MR) is 80.4 cm³/mol. The van der Waals surface area contributed by atoms with Gasteiger partial charge in [-0.3, -0.25) is 0 Å². The molecule has 1 aromatic rings. The fourth-order valence-electron chi connectivity index (χ4n) is 2.81. The van der Waals surface area contributed by atoms with E-state index in [0.717, 1.165) is 25.8 Å². The molecule has 2 heteroatoms. The monoisotopic (exact) mass is 261 g/mol. The standard InChI is InChI=1S/C17H27NO/c1-5-17(3,4)19-15-12-11-13-9-7-8-10-14(13)16(15)18-6-2/h7-10,15-16,18H,5-6,11-12H2,1-4H3. The van der Waals surface area contributed by atoms with Crippen LogP contribution in [0.5, 0.6) is 0 Å². The third-order valence-corrected chi connectivity index (χ3v) is 4.21. The molecule has 2 unspecified atom stereocenters. The molecule has 0 bridgehead atoms. The van der Waals surface area contributed by atoms with Gasteiger partial charge < -0.3 is 10.1 Å². The topological polar surface area (TPSA) is 21.3 Å².